The number of anilines is 1. The molecule has 2 aromatic rings. The molecular weight excluding hydrogens is 413 g/mol. The summed E-state index contributed by atoms with van der Waals surface area (Å²) in [7, 11) is 0. The lowest BCUT2D eigenvalue weighted by Gasteiger charge is -2.25. The highest BCUT2D eigenvalue weighted by molar-refractivity contribution is 5.82. The highest BCUT2D eigenvalue weighted by atomic mass is 19.1. The maximum absolute atomic E-state index is 15.1. The molecule has 0 unspecified atom stereocenters. The molecular formula is C24H32FN3O4. The summed E-state index contributed by atoms with van der Waals surface area (Å²) in [6.07, 6.45) is 7.02. The standard InChI is InChI=1S/C24H32FN3O4/c1-3-16(4-2)28-21-13-20(26-15-8-6-5-7-9-15)19(25)12-18(21)23(30)27(24(28)31)14-17-10-11-22(29)32-17/h12-13,15-17,26H,3-11,14H2,1-2H3/t17-/m0/s1. The van der Waals surface area contributed by atoms with Crippen LogP contribution in [-0.4, -0.2) is 27.2 Å². The Morgan fingerprint density at radius 1 is 1.09 bits per heavy atom. The number of fused-ring (bicyclic) bond motifs is 1. The van der Waals surface area contributed by atoms with Crippen molar-refractivity contribution >= 4 is 22.6 Å². The second-order valence-corrected chi connectivity index (χ2v) is 9.02. The molecule has 1 atom stereocenters. The Morgan fingerprint density at radius 3 is 2.44 bits per heavy atom. The summed E-state index contributed by atoms with van der Waals surface area (Å²) in [6, 6.07) is 2.94. The van der Waals surface area contributed by atoms with E-state index in [-0.39, 0.29) is 36.4 Å². The first-order chi connectivity index (χ1) is 15.4. The van der Waals surface area contributed by atoms with Crippen molar-refractivity contribution in [2.24, 2.45) is 0 Å². The van der Waals surface area contributed by atoms with Crippen molar-refractivity contribution in [1.29, 1.82) is 0 Å². The SMILES string of the molecule is CCC(CC)n1c(=O)n(C[C@@H]2CCC(=O)O2)c(=O)c2cc(F)c(NC3CCCCC3)cc21. The summed E-state index contributed by atoms with van der Waals surface area (Å²) < 4.78 is 23.0. The molecule has 1 aliphatic carbocycles. The third-order valence-corrected chi connectivity index (χ3v) is 6.88. The van der Waals surface area contributed by atoms with Gasteiger partial charge in [0.2, 0.25) is 0 Å². The number of nitrogens with zero attached hydrogens (tertiary/aromatic N) is 2. The van der Waals surface area contributed by atoms with Crippen molar-refractivity contribution in [2.45, 2.75) is 96.4 Å². The minimum absolute atomic E-state index is 0.0107. The number of ether oxygens (including phenoxy) is 1. The molecule has 7 nitrogen and oxygen atoms in total. The molecule has 174 valence electrons. The lowest BCUT2D eigenvalue weighted by molar-refractivity contribution is -0.141. The van der Waals surface area contributed by atoms with Crippen LogP contribution in [0.2, 0.25) is 0 Å². The lowest BCUT2D eigenvalue weighted by atomic mass is 9.95. The van der Waals surface area contributed by atoms with Gasteiger partial charge in [0, 0.05) is 18.5 Å². The molecule has 4 rings (SSSR count). The molecule has 0 amide bonds. The van der Waals surface area contributed by atoms with Crippen molar-refractivity contribution in [3.05, 3.63) is 38.8 Å². The Morgan fingerprint density at radius 2 is 1.81 bits per heavy atom. The van der Waals surface area contributed by atoms with Crippen molar-refractivity contribution in [3.63, 3.8) is 0 Å². The van der Waals surface area contributed by atoms with E-state index in [4.69, 9.17) is 4.74 Å². The monoisotopic (exact) mass is 445 g/mol. The number of carbonyl (C=O) groups excluding carboxylic acids is 1. The predicted octanol–water partition coefficient (Wildman–Crippen LogP) is 4.11. The van der Waals surface area contributed by atoms with Gasteiger partial charge in [0.05, 0.1) is 23.1 Å². The number of halogens is 1. The van der Waals surface area contributed by atoms with E-state index >= 15 is 4.39 Å². The normalized spacial score (nSPS) is 19.6. The molecule has 2 aliphatic rings. The first kappa shape index (κ1) is 22.6. The quantitative estimate of drug-likeness (QED) is 0.649. The Labute approximate surface area is 186 Å². The van der Waals surface area contributed by atoms with E-state index in [0.717, 1.165) is 30.3 Å². The van der Waals surface area contributed by atoms with Gasteiger partial charge in [-0.3, -0.25) is 18.7 Å². The number of benzene rings is 1. The maximum Gasteiger partial charge on any atom is 0.331 e. The molecule has 0 spiro atoms. The fourth-order valence-corrected chi connectivity index (χ4v) is 5.06. The number of nitrogens with one attached hydrogen (secondary N) is 1. The summed E-state index contributed by atoms with van der Waals surface area (Å²) in [5, 5.41) is 3.48. The van der Waals surface area contributed by atoms with E-state index in [1.54, 1.807) is 10.6 Å². The van der Waals surface area contributed by atoms with Crippen molar-refractivity contribution < 1.29 is 13.9 Å². The molecule has 2 heterocycles. The lowest BCUT2D eigenvalue weighted by Crippen LogP contribution is -2.43. The topological polar surface area (TPSA) is 82.3 Å². The van der Waals surface area contributed by atoms with E-state index < -0.39 is 23.2 Å². The second kappa shape index (κ2) is 9.46. The van der Waals surface area contributed by atoms with Crippen LogP contribution in [-0.2, 0) is 16.1 Å². The smallest absolute Gasteiger partial charge is 0.331 e. The fourth-order valence-electron chi connectivity index (χ4n) is 5.06. The third kappa shape index (κ3) is 4.32. The van der Waals surface area contributed by atoms with Crippen LogP contribution in [0.5, 0.6) is 0 Å². The molecule has 0 radical (unpaired) electrons. The summed E-state index contributed by atoms with van der Waals surface area (Å²) >= 11 is 0. The molecule has 32 heavy (non-hydrogen) atoms. The minimum Gasteiger partial charge on any atom is -0.460 e. The molecule has 8 heteroatoms. The van der Waals surface area contributed by atoms with E-state index in [2.05, 4.69) is 5.32 Å². The van der Waals surface area contributed by atoms with Gasteiger partial charge in [-0.25, -0.2) is 9.18 Å². The van der Waals surface area contributed by atoms with Crippen LogP contribution in [0.4, 0.5) is 10.1 Å². The van der Waals surface area contributed by atoms with Gasteiger partial charge in [-0.15, -0.1) is 0 Å². The number of aromatic nitrogens is 2. The Balaban J connectivity index is 1.84. The van der Waals surface area contributed by atoms with Crippen LogP contribution in [0.3, 0.4) is 0 Å². The molecule has 1 aromatic heterocycles. The fraction of sp³-hybridized carbons (Fsp3) is 0.625. The van der Waals surface area contributed by atoms with Crippen LogP contribution in [0.25, 0.3) is 10.9 Å². The van der Waals surface area contributed by atoms with Gasteiger partial charge in [0.15, 0.2) is 0 Å². The van der Waals surface area contributed by atoms with Crippen LogP contribution < -0.4 is 16.6 Å². The van der Waals surface area contributed by atoms with Crippen molar-refractivity contribution in [1.82, 2.24) is 9.13 Å². The summed E-state index contributed by atoms with van der Waals surface area (Å²) in [5.74, 6) is -0.817. The number of carbonyl (C=O) groups is 1. The molecule has 1 aromatic carbocycles. The van der Waals surface area contributed by atoms with Gasteiger partial charge in [-0.1, -0.05) is 33.1 Å². The Hall–Kier alpha value is -2.64. The van der Waals surface area contributed by atoms with Gasteiger partial charge in [-0.2, -0.15) is 0 Å². The van der Waals surface area contributed by atoms with Gasteiger partial charge < -0.3 is 10.1 Å². The third-order valence-electron chi connectivity index (χ3n) is 6.88. The molecule has 1 N–H and O–H groups in total. The molecule has 0 bridgehead atoms. The number of rotatable bonds is 7. The van der Waals surface area contributed by atoms with Crippen LogP contribution >= 0.6 is 0 Å². The van der Waals surface area contributed by atoms with Gasteiger partial charge >= 0.3 is 11.7 Å². The van der Waals surface area contributed by atoms with E-state index in [9.17, 15) is 14.4 Å². The van der Waals surface area contributed by atoms with E-state index in [0.29, 0.717) is 30.5 Å². The number of hydrogen-bond donors (Lipinski definition) is 1. The van der Waals surface area contributed by atoms with Crippen molar-refractivity contribution in [3.8, 4) is 0 Å². The zero-order chi connectivity index (χ0) is 22.8. The minimum atomic E-state index is -0.543. The van der Waals surface area contributed by atoms with E-state index in [1.807, 2.05) is 13.8 Å². The zero-order valence-corrected chi connectivity index (χ0v) is 18.9. The highest BCUT2D eigenvalue weighted by Crippen LogP contribution is 2.28. The van der Waals surface area contributed by atoms with Crippen molar-refractivity contribution in [2.75, 3.05) is 5.32 Å². The Kier molecular flexibility index (Phi) is 6.67. The van der Waals surface area contributed by atoms with E-state index in [1.165, 1.54) is 12.5 Å². The van der Waals surface area contributed by atoms with Crippen LogP contribution in [0.15, 0.2) is 21.7 Å². The average Bonchev–Trinajstić information content (AvgIpc) is 3.21. The van der Waals surface area contributed by atoms with Gasteiger partial charge in [0.1, 0.15) is 11.9 Å². The average molecular weight is 446 g/mol. The number of cyclic esters (lactones) is 1. The zero-order valence-electron chi connectivity index (χ0n) is 18.9. The highest BCUT2D eigenvalue weighted by Gasteiger charge is 2.27. The van der Waals surface area contributed by atoms with Gasteiger partial charge in [-0.05, 0) is 44.2 Å². The first-order valence-electron chi connectivity index (χ1n) is 11.9. The largest absolute Gasteiger partial charge is 0.460 e. The molecule has 1 saturated carbocycles. The second-order valence-electron chi connectivity index (χ2n) is 9.02. The number of esters is 1. The predicted molar refractivity (Wildman–Crippen MR) is 122 cm³/mol. The number of hydrogen-bond acceptors (Lipinski definition) is 5. The maximum atomic E-state index is 15.1. The summed E-state index contributed by atoms with van der Waals surface area (Å²) in [6.45, 7) is 3.97. The first-order valence-corrected chi connectivity index (χ1v) is 11.9. The molecule has 2 fully saturated rings. The van der Waals surface area contributed by atoms with Gasteiger partial charge in [0.25, 0.3) is 5.56 Å². The molecule has 1 aliphatic heterocycles. The summed E-state index contributed by atoms with van der Waals surface area (Å²) in [5.41, 5.74) is -0.189. The van der Waals surface area contributed by atoms with Crippen LogP contribution in [0.1, 0.15) is 77.7 Å². The molecule has 1 saturated heterocycles. The summed E-state index contributed by atoms with van der Waals surface area (Å²) in [4.78, 5) is 38.2. The van der Waals surface area contributed by atoms with Crippen LogP contribution in [0, 0.1) is 5.82 Å². The Bertz CT molecular complexity index is 1110.